The molecule has 0 spiro atoms. The summed E-state index contributed by atoms with van der Waals surface area (Å²) in [5.41, 5.74) is 0.399. The topological polar surface area (TPSA) is 35.5 Å². The Hall–Kier alpha value is -1.22. The molecule has 0 bridgehead atoms. The summed E-state index contributed by atoms with van der Waals surface area (Å²) in [6.45, 7) is 2.29. The van der Waals surface area contributed by atoms with Gasteiger partial charge in [-0.15, -0.1) is 0 Å². The van der Waals surface area contributed by atoms with Gasteiger partial charge in [0.25, 0.3) is 0 Å². The van der Waals surface area contributed by atoms with E-state index in [0.29, 0.717) is 35.0 Å². The molecule has 0 aliphatic carbocycles. The van der Waals surface area contributed by atoms with Crippen molar-refractivity contribution < 1.29 is 14.3 Å². The molecule has 0 aliphatic rings. The van der Waals surface area contributed by atoms with Crippen molar-refractivity contribution in [2.24, 2.45) is 0 Å². The number of hydrogen-bond donors (Lipinski definition) is 0. The molecule has 0 atom stereocenters. The minimum absolute atomic E-state index is 0.383. The zero-order valence-corrected chi connectivity index (χ0v) is 8.80. The molecule has 0 saturated heterocycles. The van der Waals surface area contributed by atoms with Gasteiger partial charge in [-0.25, -0.2) is 0 Å². The number of carbonyl (C=O) groups excluding carboxylic acids is 1. The van der Waals surface area contributed by atoms with Gasteiger partial charge in [0.15, 0.2) is 6.29 Å². The summed E-state index contributed by atoms with van der Waals surface area (Å²) >= 11 is 5.91. The first-order valence-electron chi connectivity index (χ1n) is 4.18. The van der Waals surface area contributed by atoms with E-state index >= 15 is 0 Å². The summed E-state index contributed by atoms with van der Waals surface area (Å²) in [5, 5.41) is 0.383. The van der Waals surface area contributed by atoms with Gasteiger partial charge in [0.05, 0.1) is 24.3 Å². The van der Waals surface area contributed by atoms with Gasteiger partial charge < -0.3 is 9.47 Å². The number of rotatable bonds is 4. The molecule has 1 aromatic carbocycles. The maximum Gasteiger partial charge on any atom is 0.153 e. The second-order valence-corrected chi connectivity index (χ2v) is 2.99. The molecular weight excluding hydrogens is 204 g/mol. The molecule has 3 nitrogen and oxygen atoms in total. The van der Waals surface area contributed by atoms with Crippen molar-refractivity contribution in [2.75, 3.05) is 13.7 Å². The summed E-state index contributed by atoms with van der Waals surface area (Å²) in [7, 11) is 1.51. The van der Waals surface area contributed by atoms with E-state index in [1.54, 1.807) is 12.1 Å². The van der Waals surface area contributed by atoms with Crippen LogP contribution in [0.15, 0.2) is 12.1 Å². The van der Waals surface area contributed by atoms with Crippen LogP contribution in [-0.2, 0) is 0 Å². The quantitative estimate of drug-likeness (QED) is 0.723. The minimum atomic E-state index is 0.383. The predicted octanol–water partition coefficient (Wildman–Crippen LogP) is 2.56. The Morgan fingerprint density at radius 1 is 1.50 bits per heavy atom. The summed E-state index contributed by atoms with van der Waals surface area (Å²) < 4.78 is 10.2. The summed E-state index contributed by atoms with van der Waals surface area (Å²) in [6.07, 6.45) is 0.694. The number of hydrogen-bond acceptors (Lipinski definition) is 3. The van der Waals surface area contributed by atoms with Gasteiger partial charge in [-0.2, -0.15) is 0 Å². The van der Waals surface area contributed by atoms with E-state index in [2.05, 4.69) is 0 Å². The lowest BCUT2D eigenvalue weighted by molar-refractivity contribution is 0.111. The van der Waals surface area contributed by atoms with Crippen molar-refractivity contribution in [2.45, 2.75) is 6.92 Å². The van der Waals surface area contributed by atoms with Crippen LogP contribution in [0.2, 0.25) is 5.02 Å². The van der Waals surface area contributed by atoms with Crippen molar-refractivity contribution in [3.8, 4) is 11.5 Å². The van der Waals surface area contributed by atoms with E-state index in [4.69, 9.17) is 21.1 Å². The van der Waals surface area contributed by atoms with E-state index in [0.717, 1.165) is 0 Å². The van der Waals surface area contributed by atoms with Crippen LogP contribution in [0.4, 0.5) is 0 Å². The lowest BCUT2D eigenvalue weighted by atomic mass is 10.2. The van der Waals surface area contributed by atoms with Gasteiger partial charge in [0, 0.05) is 6.07 Å². The molecule has 0 heterocycles. The maximum atomic E-state index is 10.7. The second-order valence-electron chi connectivity index (χ2n) is 2.58. The van der Waals surface area contributed by atoms with Crippen LogP contribution in [0, 0.1) is 0 Å². The number of halogens is 1. The zero-order valence-electron chi connectivity index (χ0n) is 8.04. The highest BCUT2D eigenvalue weighted by atomic mass is 35.5. The van der Waals surface area contributed by atoms with E-state index < -0.39 is 0 Å². The first kappa shape index (κ1) is 10.9. The SMILES string of the molecule is CCOc1c(Cl)cc(OC)cc1C=O. The van der Waals surface area contributed by atoms with Crippen LogP contribution >= 0.6 is 11.6 Å². The molecule has 4 heteroatoms. The average Bonchev–Trinajstić information content (AvgIpc) is 2.20. The molecule has 0 unspecified atom stereocenters. The predicted molar refractivity (Wildman–Crippen MR) is 54.6 cm³/mol. The van der Waals surface area contributed by atoms with Crippen molar-refractivity contribution in [3.63, 3.8) is 0 Å². The van der Waals surface area contributed by atoms with Crippen molar-refractivity contribution in [3.05, 3.63) is 22.7 Å². The molecular formula is C10H11ClO3. The number of ether oxygens (including phenoxy) is 2. The standard InChI is InChI=1S/C10H11ClO3/c1-3-14-10-7(6-12)4-8(13-2)5-9(10)11/h4-6H,3H2,1-2H3. The molecule has 0 aliphatic heterocycles. The fourth-order valence-electron chi connectivity index (χ4n) is 1.09. The number of methoxy groups -OCH3 is 1. The van der Waals surface area contributed by atoms with E-state index in [9.17, 15) is 4.79 Å². The summed E-state index contributed by atoms with van der Waals surface area (Å²) in [6, 6.07) is 3.20. The first-order valence-corrected chi connectivity index (χ1v) is 4.56. The van der Waals surface area contributed by atoms with Crippen LogP contribution in [0.5, 0.6) is 11.5 Å². The Kier molecular flexibility index (Phi) is 3.77. The molecule has 1 rings (SSSR count). The molecule has 0 radical (unpaired) electrons. The Bertz CT molecular complexity index is 336. The Morgan fingerprint density at radius 2 is 2.21 bits per heavy atom. The van der Waals surface area contributed by atoms with Gasteiger partial charge in [-0.3, -0.25) is 4.79 Å². The smallest absolute Gasteiger partial charge is 0.153 e. The molecule has 76 valence electrons. The van der Waals surface area contributed by atoms with E-state index in [-0.39, 0.29) is 0 Å². The molecule has 0 amide bonds. The lowest BCUT2D eigenvalue weighted by Gasteiger charge is -2.09. The maximum absolute atomic E-state index is 10.7. The van der Waals surface area contributed by atoms with Crippen LogP contribution in [0.1, 0.15) is 17.3 Å². The monoisotopic (exact) mass is 214 g/mol. The first-order chi connectivity index (χ1) is 6.72. The van der Waals surface area contributed by atoms with Gasteiger partial charge in [0.1, 0.15) is 11.5 Å². The lowest BCUT2D eigenvalue weighted by Crippen LogP contribution is -1.97. The normalized spacial score (nSPS) is 9.64. The number of carbonyl (C=O) groups is 1. The van der Waals surface area contributed by atoms with E-state index in [1.807, 2.05) is 6.92 Å². The average molecular weight is 215 g/mol. The molecule has 0 aromatic heterocycles. The third-order valence-corrected chi connectivity index (χ3v) is 1.98. The number of benzene rings is 1. The van der Waals surface area contributed by atoms with Gasteiger partial charge in [0.2, 0.25) is 0 Å². The molecule has 0 saturated carbocycles. The largest absolute Gasteiger partial charge is 0.497 e. The van der Waals surface area contributed by atoms with Crippen LogP contribution < -0.4 is 9.47 Å². The Balaban J connectivity index is 3.19. The van der Waals surface area contributed by atoms with Gasteiger partial charge >= 0.3 is 0 Å². The van der Waals surface area contributed by atoms with Gasteiger partial charge in [-0.1, -0.05) is 11.6 Å². The fraction of sp³-hybridized carbons (Fsp3) is 0.300. The van der Waals surface area contributed by atoms with Crippen molar-refractivity contribution in [1.29, 1.82) is 0 Å². The van der Waals surface area contributed by atoms with Crippen molar-refractivity contribution in [1.82, 2.24) is 0 Å². The van der Waals surface area contributed by atoms with Crippen LogP contribution in [0.25, 0.3) is 0 Å². The molecule has 14 heavy (non-hydrogen) atoms. The Labute approximate surface area is 87.6 Å². The van der Waals surface area contributed by atoms with Gasteiger partial charge in [-0.05, 0) is 13.0 Å². The van der Waals surface area contributed by atoms with Crippen LogP contribution in [0.3, 0.4) is 0 Å². The minimum Gasteiger partial charge on any atom is -0.497 e. The molecule has 1 aromatic rings. The highest BCUT2D eigenvalue weighted by molar-refractivity contribution is 6.32. The molecule has 0 N–H and O–H groups in total. The third-order valence-electron chi connectivity index (χ3n) is 1.70. The number of aldehydes is 1. The van der Waals surface area contributed by atoms with E-state index in [1.165, 1.54) is 7.11 Å². The Morgan fingerprint density at radius 3 is 2.71 bits per heavy atom. The molecule has 0 fully saturated rings. The third kappa shape index (κ3) is 2.17. The summed E-state index contributed by atoms with van der Waals surface area (Å²) in [4.78, 5) is 10.7. The fourth-order valence-corrected chi connectivity index (χ4v) is 1.36. The highest BCUT2D eigenvalue weighted by Gasteiger charge is 2.10. The zero-order chi connectivity index (χ0) is 10.6. The summed E-state index contributed by atoms with van der Waals surface area (Å²) in [5.74, 6) is 0.950. The van der Waals surface area contributed by atoms with Crippen molar-refractivity contribution >= 4 is 17.9 Å². The highest BCUT2D eigenvalue weighted by Crippen LogP contribution is 2.32. The second kappa shape index (κ2) is 4.86. The van der Waals surface area contributed by atoms with Crippen LogP contribution in [-0.4, -0.2) is 20.0 Å².